The molecule has 22 heavy (non-hydrogen) atoms. The first-order chi connectivity index (χ1) is 10.4. The lowest BCUT2D eigenvalue weighted by atomic mass is 10.0. The number of pyridine rings is 1. The average Bonchev–Trinajstić information content (AvgIpc) is 2.84. The number of nitrogens with zero attached hydrogens (tertiary/aromatic N) is 3. The van der Waals surface area contributed by atoms with E-state index in [-0.39, 0.29) is 11.9 Å². The van der Waals surface area contributed by atoms with Gasteiger partial charge in [-0.1, -0.05) is 0 Å². The number of carbonyl (C=O) groups is 1. The second kappa shape index (κ2) is 5.14. The molecule has 0 aliphatic heterocycles. The lowest BCUT2D eigenvalue weighted by Gasteiger charge is -2.08. The van der Waals surface area contributed by atoms with Gasteiger partial charge in [0.15, 0.2) is 5.65 Å². The predicted molar refractivity (Wildman–Crippen MR) is 83.9 cm³/mol. The van der Waals surface area contributed by atoms with Crippen molar-refractivity contribution in [3.05, 3.63) is 41.6 Å². The largest absolute Gasteiger partial charge is 0.507 e. The summed E-state index contributed by atoms with van der Waals surface area (Å²) < 4.78 is 1.62. The minimum absolute atomic E-state index is 0.207. The van der Waals surface area contributed by atoms with Crippen molar-refractivity contribution in [3.63, 3.8) is 0 Å². The summed E-state index contributed by atoms with van der Waals surface area (Å²) in [5.41, 5.74) is 4.25. The van der Waals surface area contributed by atoms with E-state index in [0.29, 0.717) is 11.4 Å². The number of rotatable bonds is 2. The number of nitrogens with one attached hydrogen (secondary N) is 1. The van der Waals surface area contributed by atoms with E-state index in [0.717, 1.165) is 22.3 Å². The quantitative estimate of drug-likeness (QED) is 0.762. The Morgan fingerprint density at radius 3 is 2.50 bits per heavy atom. The third kappa shape index (κ3) is 2.50. The number of aromatic hydroxyl groups is 1. The first kappa shape index (κ1) is 14.1. The van der Waals surface area contributed by atoms with Crippen molar-refractivity contribution in [1.29, 1.82) is 0 Å². The van der Waals surface area contributed by atoms with Crippen LogP contribution >= 0.6 is 0 Å². The summed E-state index contributed by atoms with van der Waals surface area (Å²) in [7, 11) is 0. The molecule has 0 aliphatic rings. The number of hydrogen-bond acceptors (Lipinski definition) is 4. The molecule has 0 saturated heterocycles. The zero-order valence-corrected chi connectivity index (χ0v) is 12.6. The Bertz CT molecular complexity index is 860. The van der Waals surface area contributed by atoms with Crippen LogP contribution in [0, 0.1) is 13.8 Å². The van der Waals surface area contributed by atoms with Crippen LogP contribution in [0.1, 0.15) is 18.1 Å². The summed E-state index contributed by atoms with van der Waals surface area (Å²) >= 11 is 0. The zero-order chi connectivity index (χ0) is 15.9. The van der Waals surface area contributed by atoms with E-state index in [2.05, 4.69) is 15.4 Å². The molecule has 0 fully saturated rings. The van der Waals surface area contributed by atoms with Crippen LogP contribution in [0.2, 0.25) is 0 Å². The van der Waals surface area contributed by atoms with Crippen molar-refractivity contribution < 1.29 is 9.90 Å². The maximum Gasteiger partial charge on any atom is 0.249 e. The molecule has 0 unspecified atom stereocenters. The van der Waals surface area contributed by atoms with Crippen molar-refractivity contribution in [2.75, 3.05) is 5.32 Å². The number of aryl methyl sites for hydroxylation is 2. The Morgan fingerprint density at radius 1 is 1.18 bits per heavy atom. The van der Waals surface area contributed by atoms with Crippen molar-refractivity contribution in [2.24, 2.45) is 0 Å². The summed E-state index contributed by atoms with van der Waals surface area (Å²) in [6.45, 7) is 5.16. The van der Waals surface area contributed by atoms with Crippen LogP contribution in [0.25, 0.3) is 16.8 Å². The van der Waals surface area contributed by atoms with E-state index in [4.69, 9.17) is 0 Å². The number of benzene rings is 1. The summed E-state index contributed by atoms with van der Waals surface area (Å²) in [5, 5.41) is 16.7. The SMILES string of the molecule is CC(=O)Nc1nc2ccc(-c3cc(C)c(O)c(C)c3)cn2n1. The van der Waals surface area contributed by atoms with Gasteiger partial charge in [0.1, 0.15) is 5.75 Å². The van der Waals surface area contributed by atoms with Gasteiger partial charge in [-0.05, 0) is 54.8 Å². The normalized spacial score (nSPS) is 10.9. The number of carbonyl (C=O) groups excluding carboxylic acids is 1. The fourth-order valence-corrected chi connectivity index (χ4v) is 2.39. The van der Waals surface area contributed by atoms with E-state index in [1.165, 1.54) is 6.92 Å². The second-order valence-corrected chi connectivity index (χ2v) is 5.30. The van der Waals surface area contributed by atoms with Crippen molar-refractivity contribution in [2.45, 2.75) is 20.8 Å². The fourth-order valence-electron chi connectivity index (χ4n) is 2.39. The average molecular weight is 296 g/mol. The van der Waals surface area contributed by atoms with Crippen LogP contribution in [-0.4, -0.2) is 25.6 Å². The summed E-state index contributed by atoms with van der Waals surface area (Å²) in [4.78, 5) is 15.3. The highest BCUT2D eigenvalue weighted by molar-refractivity contribution is 5.86. The standard InChI is InChI=1S/C16H16N4O2/c1-9-6-13(7-10(2)15(9)22)12-4-5-14-18-16(17-11(3)21)19-20(14)8-12/h4-8,22H,1-3H3,(H,17,19,21). The van der Waals surface area contributed by atoms with Crippen LogP contribution in [-0.2, 0) is 4.79 Å². The third-order valence-corrected chi connectivity index (χ3v) is 3.44. The smallest absolute Gasteiger partial charge is 0.249 e. The summed E-state index contributed by atoms with van der Waals surface area (Å²) in [6, 6.07) is 7.63. The highest BCUT2D eigenvalue weighted by Gasteiger charge is 2.09. The molecule has 6 nitrogen and oxygen atoms in total. The molecule has 112 valence electrons. The van der Waals surface area contributed by atoms with Crippen LogP contribution in [0.3, 0.4) is 0 Å². The molecular formula is C16H16N4O2. The van der Waals surface area contributed by atoms with Gasteiger partial charge in [-0.25, -0.2) is 4.52 Å². The predicted octanol–water partition coefficient (Wildman–Crippen LogP) is 2.68. The van der Waals surface area contributed by atoms with Crippen molar-refractivity contribution in [1.82, 2.24) is 14.6 Å². The molecule has 3 aromatic rings. The summed E-state index contributed by atoms with van der Waals surface area (Å²) in [6.07, 6.45) is 1.85. The van der Waals surface area contributed by atoms with E-state index >= 15 is 0 Å². The monoisotopic (exact) mass is 296 g/mol. The van der Waals surface area contributed by atoms with Gasteiger partial charge < -0.3 is 5.11 Å². The van der Waals surface area contributed by atoms with Gasteiger partial charge in [-0.15, -0.1) is 5.10 Å². The molecule has 2 aromatic heterocycles. The lowest BCUT2D eigenvalue weighted by Crippen LogP contribution is -2.07. The number of aromatic nitrogens is 3. The van der Waals surface area contributed by atoms with Crippen LogP contribution in [0.4, 0.5) is 5.95 Å². The molecule has 3 rings (SSSR count). The molecule has 6 heteroatoms. The lowest BCUT2D eigenvalue weighted by molar-refractivity contribution is -0.114. The molecule has 0 spiro atoms. The number of hydrogen-bond donors (Lipinski definition) is 2. The number of anilines is 1. The minimum atomic E-state index is -0.207. The Labute approximate surface area is 127 Å². The number of phenols is 1. The Balaban J connectivity index is 2.06. The van der Waals surface area contributed by atoms with Gasteiger partial charge >= 0.3 is 0 Å². The molecular weight excluding hydrogens is 280 g/mol. The van der Waals surface area contributed by atoms with Crippen LogP contribution in [0.15, 0.2) is 30.5 Å². The first-order valence-corrected chi connectivity index (χ1v) is 6.88. The maximum absolute atomic E-state index is 11.1. The van der Waals surface area contributed by atoms with Gasteiger partial charge in [-0.2, -0.15) is 4.98 Å². The number of amides is 1. The molecule has 0 saturated carbocycles. The fraction of sp³-hybridized carbons (Fsp3) is 0.188. The van der Waals surface area contributed by atoms with Crippen LogP contribution in [0.5, 0.6) is 5.75 Å². The number of phenolic OH excluding ortho intramolecular Hbond substituents is 1. The Hall–Kier alpha value is -2.89. The topological polar surface area (TPSA) is 79.5 Å². The minimum Gasteiger partial charge on any atom is -0.507 e. The third-order valence-electron chi connectivity index (χ3n) is 3.44. The maximum atomic E-state index is 11.1. The highest BCUT2D eigenvalue weighted by atomic mass is 16.3. The molecule has 1 aromatic carbocycles. The highest BCUT2D eigenvalue weighted by Crippen LogP contribution is 2.29. The van der Waals surface area contributed by atoms with Crippen molar-refractivity contribution >= 4 is 17.5 Å². The van der Waals surface area contributed by atoms with Crippen LogP contribution < -0.4 is 5.32 Å². The molecule has 2 N–H and O–H groups in total. The molecule has 0 atom stereocenters. The van der Waals surface area contributed by atoms with Gasteiger partial charge in [0, 0.05) is 18.7 Å². The van der Waals surface area contributed by atoms with E-state index in [1.54, 1.807) is 4.52 Å². The summed E-state index contributed by atoms with van der Waals surface area (Å²) in [5.74, 6) is 0.391. The van der Waals surface area contributed by atoms with Gasteiger partial charge in [-0.3, -0.25) is 10.1 Å². The zero-order valence-electron chi connectivity index (χ0n) is 12.6. The van der Waals surface area contributed by atoms with Gasteiger partial charge in [0.2, 0.25) is 11.9 Å². The number of fused-ring (bicyclic) bond motifs is 1. The molecule has 0 radical (unpaired) electrons. The van der Waals surface area contributed by atoms with E-state index in [1.807, 2.05) is 44.3 Å². The molecule has 0 aliphatic carbocycles. The van der Waals surface area contributed by atoms with E-state index < -0.39 is 0 Å². The first-order valence-electron chi connectivity index (χ1n) is 6.88. The molecule has 1 amide bonds. The molecule has 2 heterocycles. The van der Waals surface area contributed by atoms with Gasteiger partial charge in [0.25, 0.3) is 0 Å². The van der Waals surface area contributed by atoms with Crippen molar-refractivity contribution in [3.8, 4) is 16.9 Å². The second-order valence-electron chi connectivity index (χ2n) is 5.30. The van der Waals surface area contributed by atoms with Gasteiger partial charge in [0.05, 0.1) is 0 Å². The van der Waals surface area contributed by atoms with E-state index in [9.17, 15) is 9.90 Å². The molecule has 0 bridgehead atoms. The Morgan fingerprint density at radius 2 is 1.86 bits per heavy atom. The Kier molecular flexibility index (Phi) is 3.29.